The molecule has 0 bridgehead atoms. The van der Waals surface area contributed by atoms with Gasteiger partial charge in [-0.15, -0.1) is 0 Å². The van der Waals surface area contributed by atoms with Crippen LogP contribution < -0.4 is 10.1 Å². The van der Waals surface area contributed by atoms with Crippen molar-refractivity contribution in [3.63, 3.8) is 0 Å². The smallest absolute Gasteiger partial charge is 0.410 e. The first-order chi connectivity index (χ1) is 9.81. The molecule has 1 aliphatic heterocycles. The Labute approximate surface area is 120 Å². The Bertz CT molecular complexity index is 443. The zero-order valence-electron chi connectivity index (χ0n) is 11.8. The van der Waals surface area contributed by atoms with Crippen LogP contribution in [0, 0.1) is 0 Å². The largest absolute Gasteiger partial charge is 0.412 e. The maximum atomic E-state index is 11.8. The number of benzene rings is 1. The van der Waals surface area contributed by atoms with Crippen molar-refractivity contribution in [2.45, 2.75) is 44.2 Å². The van der Waals surface area contributed by atoms with E-state index in [9.17, 15) is 4.79 Å². The molecule has 4 nitrogen and oxygen atoms in total. The van der Waals surface area contributed by atoms with Crippen molar-refractivity contribution in [1.29, 1.82) is 0 Å². The van der Waals surface area contributed by atoms with E-state index in [0.717, 1.165) is 25.6 Å². The minimum atomic E-state index is -0.338. The molecule has 1 amide bonds. The van der Waals surface area contributed by atoms with Gasteiger partial charge in [0.1, 0.15) is 5.75 Å². The Hall–Kier alpha value is -1.55. The number of nitrogens with one attached hydrogen (secondary N) is 1. The van der Waals surface area contributed by atoms with Gasteiger partial charge < -0.3 is 10.1 Å². The second kappa shape index (κ2) is 6.27. The van der Waals surface area contributed by atoms with E-state index in [1.807, 2.05) is 18.2 Å². The van der Waals surface area contributed by atoms with Crippen LogP contribution in [0.25, 0.3) is 0 Å². The summed E-state index contributed by atoms with van der Waals surface area (Å²) < 4.78 is 5.27. The number of para-hydroxylation sites is 1. The summed E-state index contributed by atoms with van der Waals surface area (Å²) in [6.07, 6.45) is 6.04. The van der Waals surface area contributed by atoms with Gasteiger partial charge in [0.05, 0.1) is 0 Å². The molecular formula is C16H22N2O2. The van der Waals surface area contributed by atoms with Gasteiger partial charge in [-0.2, -0.15) is 0 Å². The van der Waals surface area contributed by atoms with E-state index in [2.05, 4.69) is 10.2 Å². The number of carbonyl (C=O) groups excluding carboxylic acids is 1. The van der Waals surface area contributed by atoms with Crippen LogP contribution in [0.15, 0.2) is 30.3 Å². The van der Waals surface area contributed by atoms with Gasteiger partial charge >= 0.3 is 6.09 Å². The third-order valence-corrected chi connectivity index (χ3v) is 4.34. The molecule has 0 aromatic heterocycles. The van der Waals surface area contributed by atoms with Crippen molar-refractivity contribution in [3.8, 4) is 5.75 Å². The van der Waals surface area contributed by atoms with Gasteiger partial charge in [0.2, 0.25) is 0 Å². The normalized spacial score (nSPS) is 23.9. The topological polar surface area (TPSA) is 41.6 Å². The van der Waals surface area contributed by atoms with E-state index in [1.165, 1.54) is 25.7 Å². The molecule has 0 radical (unpaired) electrons. The first-order valence-electron chi connectivity index (χ1n) is 7.59. The number of hydrogen-bond donors (Lipinski definition) is 1. The lowest BCUT2D eigenvalue weighted by Crippen LogP contribution is -2.40. The summed E-state index contributed by atoms with van der Waals surface area (Å²) in [7, 11) is 0. The standard InChI is InChI=1S/C16H22N2O2/c19-16(20-15-8-2-1-3-9-15)17-13-10-11-18(12-13)14-6-4-5-7-14/h1-3,8-9,13-14H,4-7,10-12H2,(H,17,19). The monoisotopic (exact) mass is 274 g/mol. The number of nitrogens with zero attached hydrogens (tertiary/aromatic N) is 1. The molecular weight excluding hydrogens is 252 g/mol. The van der Waals surface area contributed by atoms with Crippen molar-refractivity contribution in [2.24, 2.45) is 0 Å². The highest BCUT2D eigenvalue weighted by molar-refractivity contribution is 5.70. The van der Waals surface area contributed by atoms with Crippen LogP contribution >= 0.6 is 0 Å². The summed E-state index contributed by atoms with van der Waals surface area (Å²) in [6.45, 7) is 2.06. The highest BCUT2D eigenvalue weighted by Gasteiger charge is 2.30. The summed E-state index contributed by atoms with van der Waals surface area (Å²) >= 11 is 0. The van der Waals surface area contributed by atoms with E-state index in [0.29, 0.717) is 5.75 Å². The van der Waals surface area contributed by atoms with Crippen LogP contribution in [-0.2, 0) is 0 Å². The minimum absolute atomic E-state index is 0.229. The lowest BCUT2D eigenvalue weighted by Gasteiger charge is -2.23. The first kappa shape index (κ1) is 13.4. The summed E-state index contributed by atoms with van der Waals surface area (Å²) in [5.41, 5.74) is 0. The molecule has 1 heterocycles. The Balaban J connectivity index is 1.45. The maximum absolute atomic E-state index is 11.8. The predicted molar refractivity (Wildman–Crippen MR) is 77.8 cm³/mol. The number of carbonyl (C=O) groups is 1. The zero-order valence-corrected chi connectivity index (χ0v) is 11.8. The Morgan fingerprint density at radius 1 is 1.15 bits per heavy atom. The third kappa shape index (κ3) is 3.31. The van der Waals surface area contributed by atoms with Crippen molar-refractivity contribution in [1.82, 2.24) is 10.2 Å². The number of amides is 1. The Kier molecular flexibility index (Phi) is 4.21. The third-order valence-electron chi connectivity index (χ3n) is 4.34. The number of ether oxygens (including phenoxy) is 1. The molecule has 1 atom stereocenters. The average Bonchev–Trinajstić information content (AvgIpc) is 3.10. The van der Waals surface area contributed by atoms with E-state index < -0.39 is 0 Å². The second-order valence-corrected chi connectivity index (χ2v) is 5.77. The molecule has 1 unspecified atom stereocenters. The predicted octanol–water partition coefficient (Wildman–Crippen LogP) is 2.79. The SMILES string of the molecule is O=C(NC1CCN(C2CCCC2)C1)Oc1ccccc1. The fourth-order valence-electron chi connectivity index (χ4n) is 3.30. The second-order valence-electron chi connectivity index (χ2n) is 5.77. The molecule has 4 heteroatoms. The highest BCUT2D eigenvalue weighted by Crippen LogP contribution is 2.26. The van der Waals surface area contributed by atoms with E-state index >= 15 is 0 Å². The minimum Gasteiger partial charge on any atom is -0.410 e. The molecule has 1 aromatic rings. The van der Waals surface area contributed by atoms with Crippen molar-refractivity contribution < 1.29 is 9.53 Å². The number of hydrogen-bond acceptors (Lipinski definition) is 3. The fourth-order valence-corrected chi connectivity index (χ4v) is 3.30. The van der Waals surface area contributed by atoms with Crippen molar-refractivity contribution >= 4 is 6.09 Å². The molecule has 2 fully saturated rings. The van der Waals surface area contributed by atoms with Gasteiger partial charge in [-0.25, -0.2) is 4.79 Å². The van der Waals surface area contributed by atoms with E-state index in [4.69, 9.17) is 4.74 Å². The zero-order chi connectivity index (χ0) is 13.8. The molecule has 1 aromatic carbocycles. The first-order valence-corrected chi connectivity index (χ1v) is 7.59. The summed E-state index contributed by atoms with van der Waals surface area (Å²) in [6, 6.07) is 10.2. The van der Waals surface area contributed by atoms with E-state index in [1.54, 1.807) is 12.1 Å². The summed E-state index contributed by atoms with van der Waals surface area (Å²) in [5.74, 6) is 0.593. The molecule has 108 valence electrons. The van der Waals surface area contributed by atoms with Crippen molar-refractivity contribution in [2.75, 3.05) is 13.1 Å². The van der Waals surface area contributed by atoms with Gasteiger partial charge in [-0.3, -0.25) is 4.90 Å². The molecule has 1 saturated carbocycles. The van der Waals surface area contributed by atoms with Crippen LogP contribution in [0.2, 0.25) is 0 Å². The molecule has 0 spiro atoms. The van der Waals surface area contributed by atoms with Crippen molar-refractivity contribution in [3.05, 3.63) is 30.3 Å². The number of likely N-dealkylation sites (tertiary alicyclic amines) is 1. The molecule has 3 rings (SSSR count). The summed E-state index contributed by atoms with van der Waals surface area (Å²) in [4.78, 5) is 14.4. The quantitative estimate of drug-likeness (QED) is 0.921. The molecule has 2 aliphatic rings. The van der Waals surface area contributed by atoms with Crippen LogP contribution in [0.5, 0.6) is 5.75 Å². The molecule has 1 N–H and O–H groups in total. The van der Waals surface area contributed by atoms with Gasteiger partial charge in [0.25, 0.3) is 0 Å². The summed E-state index contributed by atoms with van der Waals surface area (Å²) in [5, 5.41) is 2.98. The number of rotatable bonds is 3. The van der Waals surface area contributed by atoms with Gasteiger partial charge in [-0.1, -0.05) is 31.0 Å². The lowest BCUT2D eigenvalue weighted by atomic mass is 10.2. The van der Waals surface area contributed by atoms with Crippen LogP contribution in [0.4, 0.5) is 4.79 Å². The van der Waals surface area contributed by atoms with Gasteiger partial charge in [0.15, 0.2) is 0 Å². The molecule has 1 saturated heterocycles. The van der Waals surface area contributed by atoms with Gasteiger partial charge in [0, 0.05) is 25.2 Å². The van der Waals surface area contributed by atoms with Crippen LogP contribution in [-0.4, -0.2) is 36.2 Å². The van der Waals surface area contributed by atoms with Crippen LogP contribution in [0.3, 0.4) is 0 Å². The molecule has 20 heavy (non-hydrogen) atoms. The maximum Gasteiger partial charge on any atom is 0.412 e. The van der Waals surface area contributed by atoms with Gasteiger partial charge in [-0.05, 0) is 31.4 Å². The fraction of sp³-hybridized carbons (Fsp3) is 0.562. The van der Waals surface area contributed by atoms with E-state index in [-0.39, 0.29) is 12.1 Å². The average molecular weight is 274 g/mol. The molecule has 1 aliphatic carbocycles. The Morgan fingerprint density at radius 2 is 1.90 bits per heavy atom. The lowest BCUT2D eigenvalue weighted by molar-refractivity contribution is 0.193. The van der Waals surface area contributed by atoms with Crippen LogP contribution in [0.1, 0.15) is 32.1 Å². The Morgan fingerprint density at radius 3 is 2.65 bits per heavy atom. The highest BCUT2D eigenvalue weighted by atomic mass is 16.6.